The maximum absolute atomic E-state index is 13.6. The number of halogens is 1. The summed E-state index contributed by atoms with van der Waals surface area (Å²) >= 11 is 0. The van der Waals surface area contributed by atoms with Crippen LogP contribution in [-0.4, -0.2) is 44.7 Å². The van der Waals surface area contributed by atoms with Crippen LogP contribution in [0.4, 0.5) is 4.39 Å². The molecule has 0 radical (unpaired) electrons. The summed E-state index contributed by atoms with van der Waals surface area (Å²) in [5.41, 5.74) is 1.25. The molecule has 7 nitrogen and oxygen atoms in total. The Hall–Kier alpha value is -3.68. The van der Waals surface area contributed by atoms with Crippen molar-refractivity contribution in [1.29, 1.82) is 0 Å². The third-order valence-corrected chi connectivity index (χ3v) is 4.04. The van der Waals surface area contributed by atoms with Gasteiger partial charge in [0.1, 0.15) is 6.04 Å². The molecule has 30 heavy (non-hydrogen) atoms. The molecule has 8 heteroatoms. The molecule has 1 amide bonds. The number of carbonyl (C=O) groups is 3. The Labute approximate surface area is 173 Å². The van der Waals surface area contributed by atoms with Crippen molar-refractivity contribution in [2.24, 2.45) is 0 Å². The predicted molar refractivity (Wildman–Crippen MR) is 107 cm³/mol. The Morgan fingerprint density at radius 2 is 1.83 bits per heavy atom. The standard InChI is InChI=1S/C22H22FNO6/c1-28-19-10-8-16(12-17(19)23)9-11-21(26)30-14-20(25)24-18(22(27)29-2)13-15-6-4-3-5-7-15/h3-12,18H,13-14H2,1-2H3,(H,24,25)/b11-9+/t18-/m0/s1. The first-order valence-corrected chi connectivity index (χ1v) is 9.02. The summed E-state index contributed by atoms with van der Waals surface area (Å²) in [6, 6.07) is 12.4. The molecule has 0 aromatic heterocycles. The molecule has 0 spiro atoms. The molecule has 0 fully saturated rings. The first-order valence-electron chi connectivity index (χ1n) is 9.02. The fraction of sp³-hybridized carbons (Fsp3) is 0.227. The Kier molecular flexibility index (Phi) is 8.56. The smallest absolute Gasteiger partial charge is 0.331 e. The molecule has 0 aliphatic carbocycles. The Morgan fingerprint density at radius 3 is 2.47 bits per heavy atom. The number of rotatable bonds is 9. The maximum atomic E-state index is 13.6. The van der Waals surface area contributed by atoms with Gasteiger partial charge in [-0.1, -0.05) is 36.4 Å². The van der Waals surface area contributed by atoms with Crippen LogP contribution >= 0.6 is 0 Å². The van der Waals surface area contributed by atoms with Crippen LogP contribution in [0.1, 0.15) is 11.1 Å². The molecule has 0 bridgehead atoms. The normalized spacial score (nSPS) is 11.6. The second-order valence-corrected chi connectivity index (χ2v) is 6.17. The molecular formula is C22H22FNO6. The van der Waals surface area contributed by atoms with Crippen LogP contribution in [0.2, 0.25) is 0 Å². The molecule has 0 aliphatic rings. The summed E-state index contributed by atoms with van der Waals surface area (Å²) in [5.74, 6) is -2.54. The second-order valence-electron chi connectivity index (χ2n) is 6.17. The average Bonchev–Trinajstić information content (AvgIpc) is 2.76. The molecule has 158 valence electrons. The summed E-state index contributed by atoms with van der Waals surface area (Å²) in [6.45, 7) is -0.581. The van der Waals surface area contributed by atoms with E-state index >= 15 is 0 Å². The highest BCUT2D eigenvalue weighted by Gasteiger charge is 2.22. The lowest BCUT2D eigenvalue weighted by Crippen LogP contribution is -2.44. The molecule has 0 saturated heterocycles. The van der Waals surface area contributed by atoms with Crippen molar-refractivity contribution < 1.29 is 33.0 Å². The van der Waals surface area contributed by atoms with Gasteiger partial charge in [-0.3, -0.25) is 4.79 Å². The van der Waals surface area contributed by atoms with Crippen molar-refractivity contribution in [2.75, 3.05) is 20.8 Å². The lowest BCUT2D eigenvalue weighted by atomic mass is 10.1. The Morgan fingerprint density at radius 1 is 1.10 bits per heavy atom. The van der Waals surface area contributed by atoms with Crippen LogP contribution in [0.5, 0.6) is 5.75 Å². The molecule has 0 aliphatic heterocycles. The first-order chi connectivity index (χ1) is 14.4. The number of hydrogen-bond donors (Lipinski definition) is 1. The minimum absolute atomic E-state index is 0.0852. The highest BCUT2D eigenvalue weighted by molar-refractivity contribution is 5.90. The number of amides is 1. The fourth-order valence-corrected chi connectivity index (χ4v) is 2.56. The van der Waals surface area contributed by atoms with Gasteiger partial charge in [-0.25, -0.2) is 14.0 Å². The summed E-state index contributed by atoms with van der Waals surface area (Å²) in [7, 11) is 2.57. The van der Waals surface area contributed by atoms with E-state index < -0.39 is 36.3 Å². The van der Waals surface area contributed by atoms with Gasteiger partial charge in [0.05, 0.1) is 14.2 Å². The van der Waals surface area contributed by atoms with Crippen LogP contribution in [0.3, 0.4) is 0 Å². The molecule has 0 saturated carbocycles. The molecule has 0 heterocycles. The zero-order valence-electron chi connectivity index (χ0n) is 16.6. The van der Waals surface area contributed by atoms with E-state index in [1.165, 1.54) is 32.4 Å². The number of esters is 2. The first kappa shape index (κ1) is 22.6. The monoisotopic (exact) mass is 415 g/mol. The molecule has 1 atom stereocenters. The average molecular weight is 415 g/mol. The second kappa shape index (κ2) is 11.4. The van der Waals surface area contributed by atoms with Crippen LogP contribution in [-0.2, 0) is 30.3 Å². The van der Waals surface area contributed by atoms with Gasteiger partial charge in [-0.05, 0) is 29.3 Å². The minimum Gasteiger partial charge on any atom is -0.494 e. The van der Waals surface area contributed by atoms with E-state index in [4.69, 9.17) is 14.2 Å². The summed E-state index contributed by atoms with van der Waals surface area (Å²) in [5, 5.41) is 2.49. The van der Waals surface area contributed by atoms with Gasteiger partial charge in [0, 0.05) is 12.5 Å². The van der Waals surface area contributed by atoms with Gasteiger partial charge in [-0.2, -0.15) is 0 Å². The van der Waals surface area contributed by atoms with Gasteiger partial charge in [-0.15, -0.1) is 0 Å². The highest BCUT2D eigenvalue weighted by Crippen LogP contribution is 2.18. The maximum Gasteiger partial charge on any atom is 0.331 e. The van der Waals surface area contributed by atoms with Crippen molar-refractivity contribution in [1.82, 2.24) is 5.32 Å². The highest BCUT2D eigenvalue weighted by atomic mass is 19.1. The number of nitrogens with one attached hydrogen (secondary N) is 1. The minimum atomic E-state index is -0.915. The quantitative estimate of drug-likeness (QED) is 0.499. The van der Waals surface area contributed by atoms with E-state index in [1.54, 1.807) is 6.07 Å². The van der Waals surface area contributed by atoms with Crippen LogP contribution < -0.4 is 10.1 Å². The van der Waals surface area contributed by atoms with Crippen LogP contribution in [0, 0.1) is 5.82 Å². The fourth-order valence-electron chi connectivity index (χ4n) is 2.56. The van der Waals surface area contributed by atoms with E-state index in [1.807, 2.05) is 30.3 Å². The molecular weight excluding hydrogens is 393 g/mol. The third kappa shape index (κ3) is 7.05. The zero-order valence-corrected chi connectivity index (χ0v) is 16.6. The largest absolute Gasteiger partial charge is 0.494 e. The van der Waals surface area contributed by atoms with Gasteiger partial charge < -0.3 is 19.5 Å². The summed E-state index contributed by atoms with van der Waals surface area (Å²) in [4.78, 5) is 35.8. The van der Waals surface area contributed by atoms with Crippen LogP contribution in [0.15, 0.2) is 54.6 Å². The lowest BCUT2D eigenvalue weighted by molar-refractivity contribution is -0.147. The van der Waals surface area contributed by atoms with E-state index in [2.05, 4.69) is 5.32 Å². The van der Waals surface area contributed by atoms with E-state index in [9.17, 15) is 18.8 Å². The van der Waals surface area contributed by atoms with Crippen molar-refractivity contribution in [3.63, 3.8) is 0 Å². The van der Waals surface area contributed by atoms with Crippen LogP contribution in [0.25, 0.3) is 6.08 Å². The zero-order chi connectivity index (χ0) is 21.9. The third-order valence-electron chi connectivity index (χ3n) is 4.04. The van der Waals surface area contributed by atoms with E-state index in [0.717, 1.165) is 11.6 Å². The molecule has 2 aromatic rings. The number of carbonyl (C=O) groups excluding carboxylic acids is 3. The topological polar surface area (TPSA) is 90.9 Å². The van der Waals surface area contributed by atoms with Crippen molar-refractivity contribution in [2.45, 2.75) is 12.5 Å². The van der Waals surface area contributed by atoms with Gasteiger partial charge in [0.25, 0.3) is 5.91 Å². The van der Waals surface area contributed by atoms with Crippen molar-refractivity contribution in [3.8, 4) is 5.75 Å². The number of methoxy groups -OCH3 is 2. The lowest BCUT2D eigenvalue weighted by Gasteiger charge is -2.16. The van der Waals surface area contributed by atoms with Gasteiger partial charge >= 0.3 is 11.9 Å². The van der Waals surface area contributed by atoms with Gasteiger partial charge in [0.2, 0.25) is 0 Å². The Balaban J connectivity index is 1.87. The van der Waals surface area contributed by atoms with Crippen molar-refractivity contribution in [3.05, 3.63) is 71.6 Å². The van der Waals surface area contributed by atoms with E-state index in [-0.39, 0.29) is 12.2 Å². The Bertz CT molecular complexity index is 913. The number of benzene rings is 2. The SMILES string of the molecule is COC(=O)[C@H](Cc1ccccc1)NC(=O)COC(=O)/C=C/c1ccc(OC)c(F)c1. The van der Waals surface area contributed by atoms with Gasteiger partial charge in [0.15, 0.2) is 18.2 Å². The molecule has 2 aromatic carbocycles. The summed E-state index contributed by atoms with van der Waals surface area (Å²) < 4.78 is 28.0. The van der Waals surface area contributed by atoms with Crippen molar-refractivity contribution >= 4 is 23.9 Å². The molecule has 1 N–H and O–H groups in total. The van der Waals surface area contributed by atoms with E-state index in [0.29, 0.717) is 5.56 Å². The number of hydrogen-bond acceptors (Lipinski definition) is 6. The number of ether oxygens (including phenoxy) is 3. The molecule has 0 unspecified atom stereocenters. The molecule has 2 rings (SSSR count). The summed E-state index contributed by atoms with van der Waals surface area (Å²) in [6.07, 6.45) is 2.64. The predicted octanol–water partition coefficient (Wildman–Crippen LogP) is 2.29.